The summed E-state index contributed by atoms with van der Waals surface area (Å²) in [5.74, 6) is 0.259. The molecule has 0 spiro atoms. The fourth-order valence-corrected chi connectivity index (χ4v) is 2.68. The largest absolute Gasteiger partial charge is 0.310 e. The summed E-state index contributed by atoms with van der Waals surface area (Å²) >= 11 is 0. The monoisotopic (exact) mass is 280 g/mol. The van der Waals surface area contributed by atoms with Crippen LogP contribution in [0.15, 0.2) is 24.3 Å². The van der Waals surface area contributed by atoms with Crippen molar-refractivity contribution in [1.29, 1.82) is 0 Å². The first-order valence-corrected chi connectivity index (χ1v) is 7.76. The lowest BCUT2D eigenvalue weighted by atomic mass is 9.93. The Bertz CT molecular complexity index is 381. The van der Waals surface area contributed by atoms with Gasteiger partial charge in [-0.1, -0.05) is 45.4 Å². The van der Waals surface area contributed by atoms with Gasteiger partial charge in [-0.3, -0.25) is 0 Å². The molecule has 1 aromatic rings. The summed E-state index contributed by atoms with van der Waals surface area (Å²) in [6.07, 6.45) is 2.43. The molecule has 0 amide bonds. The zero-order valence-corrected chi connectivity index (χ0v) is 13.3. The van der Waals surface area contributed by atoms with Crippen LogP contribution in [0.5, 0.6) is 0 Å². The Morgan fingerprint density at radius 3 is 2.55 bits per heavy atom. The molecule has 2 unspecified atom stereocenters. The third-order valence-electron chi connectivity index (χ3n) is 3.73. The van der Waals surface area contributed by atoms with Gasteiger partial charge >= 0.3 is 0 Å². The van der Waals surface area contributed by atoms with Gasteiger partial charge in [-0.2, -0.15) is 0 Å². The Labute approximate surface area is 123 Å². The fraction of sp³-hybridized carbons (Fsp3) is 0.647. The molecule has 0 saturated carbocycles. The standard InChI is InChI=1S/C17H29FN2/c1-5-7-12-20(4)13-14(3)17(19-6-2)15-10-8-9-11-16(15)18/h8-11,14,17,19H,5-7,12-13H2,1-4H3. The zero-order valence-electron chi connectivity index (χ0n) is 13.3. The highest BCUT2D eigenvalue weighted by molar-refractivity contribution is 5.22. The first kappa shape index (κ1) is 17.1. The molecule has 0 fully saturated rings. The molecule has 0 aliphatic heterocycles. The predicted octanol–water partition coefficient (Wildman–Crippen LogP) is 3.84. The number of nitrogens with one attached hydrogen (secondary N) is 1. The van der Waals surface area contributed by atoms with Gasteiger partial charge in [-0.25, -0.2) is 4.39 Å². The van der Waals surface area contributed by atoms with Crippen molar-refractivity contribution < 1.29 is 4.39 Å². The molecule has 3 heteroatoms. The van der Waals surface area contributed by atoms with Crippen molar-refractivity contribution in [3.63, 3.8) is 0 Å². The molecule has 0 bridgehead atoms. The number of hydrogen-bond donors (Lipinski definition) is 1. The summed E-state index contributed by atoms with van der Waals surface area (Å²) in [5.41, 5.74) is 0.783. The lowest BCUT2D eigenvalue weighted by Crippen LogP contribution is -2.35. The van der Waals surface area contributed by atoms with Crippen LogP contribution in [0.3, 0.4) is 0 Å². The van der Waals surface area contributed by atoms with Gasteiger partial charge in [0.25, 0.3) is 0 Å². The Balaban J connectivity index is 2.72. The van der Waals surface area contributed by atoms with E-state index in [0.29, 0.717) is 5.92 Å². The van der Waals surface area contributed by atoms with Gasteiger partial charge in [-0.05, 0) is 38.5 Å². The number of benzene rings is 1. The van der Waals surface area contributed by atoms with E-state index < -0.39 is 0 Å². The van der Waals surface area contributed by atoms with Crippen molar-refractivity contribution in [3.05, 3.63) is 35.6 Å². The number of hydrogen-bond acceptors (Lipinski definition) is 2. The molecule has 20 heavy (non-hydrogen) atoms. The minimum atomic E-state index is -0.110. The SMILES string of the molecule is CCCCN(C)CC(C)C(NCC)c1ccccc1F. The molecule has 2 atom stereocenters. The normalized spacial score (nSPS) is 14.5. The summed E-state index contributed by atoms with van der Waals surface area (Å²) in [6, 6.07) is 7.18. The molecule has 2 nitrogen and oxygen atoms in total. The third-order valence-corrected chi connectivity index (χ3v) is 3.73. The smallest absolute Gasteiger partial charge is 0.127 e. The lowest BCUT2D eigenvalue weighted by Gasteiger charge is -2.29. The molecule has 0 aromatic heterocycles. The van der Waals surface area contributed by atoms with E-state index in [1.807, 2.05) is 12.1 Å². The maximum Gasteiger partial charge on any atom is 0.127 e. The van der Waals surface area contributed by atoms with Crippen molar-refractivity contribution in [1.82, 2.24) is 10.2 Å². The van der Waals surface area contributed by atoms with Gasteiger partial charge in [0.15, 0.2) is 0 Å². The van der Waals surface area contributed by atoms with Crippen molar-refractivity contribution >= 4 is 0 Å². The van der Waals surface area contributed by atoms with Crippen LogP contribution in [0.25, 0.3) is 0 Å². The number of halogens is 1. The fourth-order valence-electron chi connectivity index (χ4n) is 2.68. The van der Waals surface area contributed by atoms with Crippen LogP contribution >= 0.6 is 0 Å². The highest BCUT2D eigenvalue weighted by atomic mass is 19.1. The van der Waals surface area contributed by atoms with Crippen LogP contribution in [-0.2, 0) is 0 Å². The zero-order chi connectivity index (χ0) is 15.0. The Morgan fingerprint density at radius 2 is 1.95 bits per heavy atom. The minimum Gasteiger partial charge on any atom is -0.310 e. The van der Waals surface area contributed by atoms with E-state index in [1.54, 1.807) is 12.1 Å². The quantitative estimate of drug-likeness (QED) is 0.739. The molecular formula is C17H29FN2. The van der Waals surface area contributed by atoms with E-state index in [9.17, 15) is 4.39 Å². The Hall–Kier alpha value is -0.930. The molecule has 0 radical (unpaired) electrons. The van der Waals surface area contributed by atoms with Gasteiger partial charge in [0, 0.05) is 18.2 Å². The van der Waals surface area contributed by atoms with E-state index >= 15 is 0 Å². The van der Waals surface area contributed by atoms with Gasteiger partial charge in [0.1, 0.15) is 5.82 Å². The maximum absolute atomic E-state index is 14.0. The van der Waals surface area contributed by atoms with Crippen LogP contribution in [0.1, 0.15) is 45.2 Å². The van der Waals surface area contributed by atoms with Gasteiger partial charge in [0.05, 0.1) is 0 Å². The summed E-state index contributed by atoms with van der Waals surface area (Å²) in [4.78, 5) is 2.35. The van der Waals surface area contributed by atoms with E-state index in [0.717, 1.165) is 25.2 Å². The van der Waals surface area contributed by atoms with Crippen LogP contribution < -0.4 is 5.32 Å². The summed E-state index contributed by atoms with van der Waals surface area (Å²) in [7, 11) is 2.15. The first-order valence-electron chi connectivity index (χ1n) is 7.76. The van der Waals surface area contributed by atoms with Gasteiger partial charge < -0.3 is 10.2 Å². The average molecular weight is 280 g/mol. The highest BCUT2D eigenvalue weighted by Crippen LogP contribution is 2.25. The molecule has 0 heterocycles. The van der Waals surface area contributed by atoms with Crippen LogP contribution in [0.2, 0.25) is 0 Å². The van der Waals surface area contributed by atoms with Crippen molar-refractivity contribution in [2.24, 2.45) is 5.92 Å². The van der Waals surface area contributed by atoms with Crippen LogP contribution in [0.4, 0.5) is 4.39 Å². The van der Waals surface area contributed by atoms with Crippen LogP contribution in [-0.4, -0.2) is 31.6 Å². The molecule has 0 aliphatic carbocycles. The minimum absolute atomic E-state index is 0.0743. The van der Waals surface area contributed by atoms with E-state index in [-0.39, 0.29) is 11.9 Å². The van der Waals surface area contributed by atoms with Crippen molar-refractivity contribution in [2.45, 2.75) is 39.7 Å². The molecule has 1 aromatic carbocycles. The summed E-state index contributed by atoms with van der Waals surface area (Å²) in [5, 5.41) is 3.43. The first-order chi connectivity index (χ1) is 9.60. The number of rotatable bonds is 9. The molecule has 1 rings (SSSR count). The van der Waals surface area contributed by atoms with Crippen molar-refractivity contribution in [3.8, 4) is 0 Å². The molecule has 1 N–H and O–H groups in total. The molecular weight excluding hydrogens is 251 g/mol. The number of nitrogens with zero attached hydrogens (tertiary/aromatic N) is 1. The summed E-state index contributed by atoms with van der Waals surface area (Å²) < 4.78 is 14.0. The second-order valence-corrected chi connectivity index (χ2v) is 5.65. The molecule has 114 valence electrons. The van der Waals surface area contributed by atoms with E-state index in [1.165, 1.54) is 12.8 Å². The van der Waals surface area contributed by atoms with Crippen molar-refractivity contribution in [2.75, 3.05) is 26.7 Å². The van der Waals surface area contributed by atoms with Gasteiger partial charge in [-0.15, -0.1) is 0 Å². The van der Waals surface area contributed by atoms with Gasteiger partial charge in [0.2, 0.25) is 0 Å². The topological polar surface area (TPSA) is 15.3 Å². The summed E-state index contributed by atoms with van der Waals surface area (Å²) in [6.45, 7) is 9.41. The average Bonchev–Trinajstić information content (AvgIpc) is 2.43. The Morgan fingerprint density at radius 1 is 1.25 bits per heavy atom. The third kappa shape index (κ3) is 5.22. The number of unbranched alkanes of at least 4 members (excludes halogenated alkanes) is 1. The van der Waals surface area contributed by atoms with Crippen LogP contribution in [0, 0.1) is 11.7 Å². The van der Waals surface area contributed by atoms with E-state index in [4.69, 9.17) is 0 Å². The Kier molecular flexibility index (Phi) is 7.78. The van der Waals surface area contributed by atoms with E-state index in [2.05, 4.69) is 38.0 Å². The second kappa shape index (κ2) is 9.09. The molecule has 0 aliphatic rings. The maximum atomic E-state index is 14.0. The molecule has 0 saturated heterocycles. The highest BCUT2D eigenvalue weighted by Gasteiger charge is 2.22. The second-order valence-electron chi connectivity index (χ2n) is 5.65. The predicted molar refractivity (Wildman–Crippen MR) is 84.4 cm³/mol. The lowest BCUT2D eigenvalue weighted by molar-refractivity contribution is 0.243.